The van der Waals surface area contributed by atoms with Crippen LogP contribution in [0.15, 0.2) is 34.1 Å². The third-order valence-corrected chi connectivity index (χ3v) is 7.02. The predicted molar refractivity (Wildman–Crippen MR) is 121 cm³/mol. The maximum atomic E-state index is 12.7. The Morgan fingerprint density at radius 1 is 1.23 bits per heavy atom. The Kier molecular flexibility index (Phi) is 6.42. The third kappa shape index (κ3) is 4.52. The molecule has 4 rings (SSSR count). The summed E-state index contributed by atoms with van der Waals surface area (Å²) in [5.74, 6) is -0.795. The average Bonchev–Trinajstić information content (AvgIpc) is 3.21. The van der Waals surface area contributed by atoms with Gasteiger partial charge in [-0.2, -0.15) is 0 Å². The second kappa shape index (κ2) is 9.07. The molecule has 2 aromatic rings. The van der Waals surface area contributed by atoms with Crippen molar-refractivity contribution in [2.45, 2.75) is 25.5 Å². The molecule has 0 aliphatic carbocycles. The van der Waals surface area contributed by atoms with Crippen LogP contribution in [0.4, 0.5) is 11.4 Å². The summed E-state index contributed by atoms with van der Waals surface area (Å²) in [6, 6.07) is 8.12. The molecule has 1 unspecified atom stereocenters. The molecular weight excluding hydrogens is 486 g/mol. The Bertz CT molecular complexity index is 1030. The number of anilines is 2. The third-order valence-electron chi connectivity index (χ3n) is 5.40. The number of benzene rings is 1. The van der Waals surface area contributed by atoms with Crippen LogP contribution in [0.25, 0.3) is 0 Å². The topological polar surface area (TPSA) is 99.2 Å². The highest BCUT2D eigenvalue weighted by molar-refractivity contribution is 9.11. The second-order valence-electron chi connectivity index (χ2n) is 7.46. The van der Waals surface area contributed by atoms with Gasteiger partial charge in [-0.1, -0.05) is 0 Å². The molecule has 1 aromatic carbocycles. The minimum Gasteiger partial charge on any atom is -0.381 e. The van der Waals surface area contributed by atoms with Gasteiger partial charge in [0, 0.05) is 24.5 Å². The normalized spacial score (nSPS) is 22.0. The van der Waals surface area contributed by atoms with Crippen LogP contribution in [0, 0.1) is 6.92 Å². The van der Waals surface area contributed by atoms with Crippen molar-refractivity contribution in [3.05, 3.63) is 44.6 Å². The maximum absolute atomic E-state index is 12.7. The van der Waals surface area contributed by atoms with Crippen LogP contribution in [0.2, 0.25) is 0 Å². The molecule has 0 saturated carbocycles. The van der Waals surface area contributed by atoms with E-state index in [-0.39, 0.29) is 18.4 Å². The molecule has 0 bridgehead atoms. The van der Waals surface area contributed by atoms with E-state index in [1.165, 1.54) is 16.2 Å². The first-order valence-corrected chi connectivity index (χ1v) is 11.5. The summed E-state index contributed by atoms with van der Waals surface area (Å²) in [6.07, 6.45) is -0.989. The van der Waals surface area contributed by atoms with Gasteiger partial charge in [0.05, 0.1) is 34.3 Å². The molecular formula is C21H22BrN3O5S. The lowest BCUT2D eigenvalue weighted by molar-refractivity contribution is -0.124. The molecule has 2 aliphatic rings. The molecule has 0 spiro atoms. The standard InChI is InChI=1S/C21H22BrN3O5S/c1-12-10-13(2-3-15(12)24-7-9-30-8-6-18(24)26)25-11-14(19(27)21(25)29)23-20(28)16-4-5-17(22)31-16/h2-5,10,14,19,27H,6-9,11H2,1H3,(H,23,28)/t14-,19?/m1/s1. The van der Waals surface area contributed by atoms with E-state index in [0.29, 0.717) is 36.7 Å². The second-order valence-corrected chi connectivity index (χ2v) is 9.92. The first kappa shape index (κ1) is 21.9. The Balaban J connectivity index is 1.50. The predicted octanol–water partition coefficient (Wildman–Crippen LogP) is 2.08. The molecule has 2 N–H and O–H groups in total. The van der Waals surface area contributed by atoms with Gasteiger partial charge in [0.1, 0.15) is 0 Å². The zero-order valence-corrected chi connectivity index (χ0v) is 19.2. The highest BCUT2D eigenvalue weighted by Gasteiger charge is 2.41. The van der Waals surface area contributed by atoms with Crippen LogP contribution >= 0.6 is 27.3 Å². The molecule has 2 atom stereocenters. The highest BCUT2D eigenvalue weighted by Crippen LogP contribution is 2.30. The van der Waals surface area contributed by atoms with Gasteiger partial charge in [-0.05, 0) is 58.7 Å². The number of halogens is 1. The van der Waals surface area contributed by atoms with Gasteiger partial charge in [-0.3, -0.25) is 14.4 Å². The molecule has 1 aromatic heterocycles. The van der Waals surface area contributed by atoms with Crippen molar-refractivity contribution >= 4 is 56.4 Å². The summed E-state index contributed by atoms with van der Waals surface area (Å²) in [7, 11) is 0. The lowest BCUT2D eigenvalue weighted by atomic mass is 10.1. The molecule has 2 aliphatic heterocycles. The fourth-order valence-electron chi connectivity index (χ4n) is 3.79. The van der Waals surface area contributed by atoms with Crippen molar-refractivity contribution in [2.75, 3.05) is 36.1 Å². The van der Waals surface area contributed by atoms with E-state index in [4.69, 9.17) is 4.74 Å². The Labute approximate surface area is 191 Å². The number of ether oxygens (including phenoxy) is 1. The molecule has 31 heavy (non-hydrogen) atoms. The van der Waals surface area contributed by atoms with E-state index in [1.54, 1.807) is 23.1 Å². The monoisotopic (exact) mass is 507 g/mol. The number of aryl methyl sites for hydroxylation is 1. The number of hydrogen-bond acceptors (Lipinski definition) is 6. The molecule has 2 fully saturated rings. The van der Waals surface area contributed by atoms with Gasteiger partial charge in [-0.25, -0.2) is 0 Å². The molecule has 10 heteroatoms. The van der Waals surface area contributed by atoms with Crippen molar-refractivity contribution in [1.29, 1.82) is 0 Å². The largest absolute Gasteiger partial charge is 0.381 e. The number of hydrogen-bond donors (Lipinski definition) is 2. The number of rotatable bonds is 4. The van der Waals surface area contributed by atoms with Crippen molar-refractivity contribution in [3.63, 3.8) is 0 Å². The molecule has 164 valence electrons. The summed E-state index contributed by atoms with van der Waals surface area (Å²) in [5, 5.41) is 13.2. The minimum atomic E-state index is -1.32. The van der Waals surface area contributed by atoms with E-state index in [1.807, 2.05) is 19.1 Å². The number of carbonyl (C=O) groups is 3. The van der Waals surface area contributed by atoms with Crippen LogP contribution < -0.4 is 15.1 Å². The van der Waals surface area contributed by atoms with Crippen molar-refractivity contribution < 1.29 is 24.2 Å². The zero-order valence-electron chi connectivity index (χ0n) is 16.8. The molecule has 3 amide bonds. The number of thiophene rings is 1. The molecule has 2 saturated heterocycles. The van der Waals surface area contributed by atoms with Gasteiger partial charge < -0.3 is 25.0 Å². The van der Waals surface area contributed by atoms with Crippen LogP contribution in [-0.2, 0) is 14.3 Å². The summed E-state index contributed by atoms with van der Waals surface area (Å²) < 4.78 is 6.21. The van der Waals surface area contributed by atoms with Gasteiger partial charge in [0.25, 0.3) is 11.8 Å². The van der Waals surface area contributed by atoms with Gasteiger partial charge in [-0.15, -0.1) is 11.3 Å². The Morgan fingerprint density at radius 3 is 2.74 bits per heavy atom. The Morgan fingerprint density at radius 2 is 2.03 bits per heavy atom. The first-order chi connectivity index (χ1) is 14.8. The smallest absolute Gasteiger partial charge is 0.261 e. The lowest BCUT2D eigenvalue weighted by Gasteiger charge is -2.24. The lowest BCUT2D eigenvalue weighted by Crippen LogP contribution is -2.43. The van der Waals surface area contributed by atoms with E-state index in [9.17, 15) is 19.5 Å². The average molecular weight is 508 g/mol. The van der Waals surface area contributed by atoms with Crippen LogP contribution in [0.1, 0.15) is 21.7 Å². The van der Waals surface area contributed by atoms with E-state index in [0.717, 1.165) is 15.0 Å². The highest BCUT2D eigenvalue weighted by atomic mass is 79.9. The Hall–Kier alpha value is -2.27. The summed E-state index contributed by atoms with van der Waals surface area (Å²) in [4.78, 5) is 41.1. The van der Waals surface area contributed by atoms with Crippen molar-refractivity contribution in [3.8, 4) is 0 Å². The zero-order chi connectivity index (χ0) is 22.1. The minimum absolute atomic E-state index is 0.00371. The number of nitrogens with zero attached hydrogens (tertiary/aromatic N) is 2. The van der Waals surface area contributed by atoms with Crippen LogP contribution in [0.5, 0.6) is 0 Å². The molecule has 3 heterocycles. The van der Waals surface area contributed by atoms with Crippen molar-refractivity contribution in [1.82, 2.24) is 5.32 Å². The van der Waals surface area contributed by atoms with Crippen LogP contribution in [-0.4, -0.2) is 61.3 Å². The summed E-state index contributed by atoms with van der Waals surface area (Å²) >= 11 is 4.60. The number of carbonyl (C=O) groups excluding carboxylic acids is 3. The number of nitrogens with one attached hydrogen (secondary N) is 1. The van der Waals surface area contributed by atoms with Crippen molar-refractivity contribution in [2.24, 2.45) is 0 Å². The molecule has 8 nitrogen and oxygen atoms in total. The fraction of sp³-hybridized carbons (Fsp3) is 0.381. The quantitative estimate of drug-likeness (QED) is 0.659. The SMILES string of the molecule is Cc1cc(N2C[C@@H](NC(=O)c3ccc(Br)s3)C(O)C2=O)ccc1N1CCOCCC1=O. The summed E-state index contributed by atoms with van der Waals surface area (Å²) in [5.41, 5.74) is 2.23. The summed E-state index contributed by atoms with van der Waals surface area (Å²) in [6.45, 7) is 3.41. The van der Waals surface area contributed by atoms with Gasteiger partial charge >= 0.3 is 0 Å². The first-order valence-electron chi connectivity index (χ1n) is 9.89. The number of aliphatic hydroxyl groups excluding tert-OH is 1. The maximum Gasteiger partial charge on any atom is 0.261 e. The van der Waals surface area contributed by atoms with E-state index in [2.05, 4.69) is 21.2 Å². The van der Waals surface area contributed by atoms with E-state index >= 15 is 0 Å². The molecule has 0 radical (unpaired) electrons. The van der Waals surface area contributed by atoms with Crippen LogP contribution in [0.3, 0.4) is 0 Å². The van der Waals surface area contributed by atoms with E-state index < -0.39 is 18.1 Å². The fourth-order valence-corrected chi connectivity index (χ4v) is 5.08. The van der Waals surface area contributed by atoms with Gasteiger partial charge in [0.2, 0.25) is 5.91 Å². The van der Waals surface area contributed by atoms with Gasteiger partial charge in [0.15, 0.2) is 6.10 Å². The number of aliphatic hydroxyl groups is 1. The number of amides is 3.